The molecule has 1 aliphatic heterocycles. The largest absolute Gasteiger partial charge is 0.381 e. The molecule has 1 N–H and O–H groups in total. The summed E-state index contributed by atoms with van der Waals surface area (Å²) in [6.07, 6.45) is 2.37. The molecule has 1 atom stereocenters. The molecule has 124 valence electrons. The van der Waals surface area contributed by atoms with Gasteiger partial charge in [0, 0.05) is 25.3 Å². The van der Waals surface area contributed by atoms with Crippen LogP contribution in [0.5, 0.6) is 0 Å². The van der Waals surface area contributed by atoms with Crippen molar-refractivity contribution in [2.45, 2.75) is 38.4 Å². The van der Waals surface area contributed by atoms with Gasteiger partial charge in [0.05, 0.1) is 11.4 Å². The lowest BCUT2D eigenvalue weighted by molar-refractivity contribution is -0.119. The Morgan fingerprint density at radius 1 is 1.08 bits per heavy atom. The summed E-state index contributed by atoms with van der Waals surface area (Å²) >= 11 is 0. The van der Waals surface area contributed by atoms with Gasteiger partial charge in [-0.05, 0) is 43.5 Å². The first-order chi connectivity index (χ1) is 11.6. The number of nitrogens with one attached hydrogen (secondary N) is 1. The predicted molar refractivity (Wildman–Crippen MR) is 98.6 cm³/mol. The molecule has 2 aromatic rings. The second-order valence-corrected chi connectivity index (χ2v) is 6.75. The smallest absolute Gasteiger partial charge is 0.249 e. The highest BCUT2D eigenvalue weighted by atomic mass is 16.2. The van der Waals surface area contributed by atoms with Crippen LogP contribution in [0.4, 0.5) is 17.1 Å². The lowest BCUT2D eigenvalue weighted by atomic mass is 10.1. The van der Waals surface area contributed by atoms with E-state index in [0.29, 0.717) is 6.04 Å². The first-order valence-corrected chi connectivity index (χ1v) is 8.63. The zero-order chi connectivity index (χ0) is 16.7. The fourth-order valence-electron chi connectivity index (χ4n) is 3.52. The van der Waals surface area contributed by atoms with Crippen LogP contribution in [0, 0.1) is 0 Å². The molecule has 4 nitrogen and oxygen atoms in total. The van der Waals surface area contributed by atoms with E-state index in [2.05, 4.69) is 52.7 Å². The van der Waals surface area contributed by atoms with Gasteiger partial charge in [-0.1, -0.05) is 30.3 Å². The van der Waals surface area contributed by atoms with Crippen LogP contribution >= 0.6 is 0 Å². The van der Waals surface area contributed by atoms with Crippen LogP contribution in [-0.4, -0.2) is 25.0 Å². The number of anilines is 3. The predicted octanol–water partition coefficient (Wildman–Crippen LogP) is 3.63. The number of hydrogen-bond donors (Lipinski definition) is 1. The van der Waals surface area contributed by atoms with Crippen LogP contribution < -0.4 is 15.1 Å². The summed E-state index contributed by atoms with van der Waals surface area (Å²) in [5.74, 6) is 0.180. The number of fused-ring (bicyclic) bond motifs is 1. The van der Waals surface area contributed by atoms with E-state index in [4.69, 9.17) is 0 Å². The number of rotatable bonds is 4. The molecule has 2 aliphatic rings. The van der Waals surface area contributed by atoms with E-state index in [0.717, 1.165) is 17.9 Å². The van der Waals surface area contributed by atoms with Gasteiger partial charge in [-0.15, -0.1) is 0 Å². The lowest BCUT2D eigenvalue weighted by Gasteiger charge is -2.40. The molecule has 0 spiro atoms. The molecule has 1 saturated carbocycles. The maximum atomic E-state index is 12.5. The third-order valence-electron chi connectivity index (χ3n) is 5.00. The lowest BCUT2D eigenvalue weighted by Crippen LogP contribution is -2.51. The second kappa shape index (κ2) is 5.86. The summed E-state index contributed by atoms with van der Waals surface area (Å²) in [7, 11) is 1.87. The molecule has 0 bridgehead atoms. The van der Waals surface area contributed by atoms with E-state index >= 15 is 0 Å². The summed E-state index contributed by atoms with van der Waals surface area (Å²) in [4.78, 5) is 16.6. The Morgan fingerprint density at radius 2 is 1.83 bits per heavy atom. The third-order valence-corrected chi connectivity index (χ3v) is 5.00. The quantitative estimate of drug-likeness (QED) is 0.934. The minimum absolute atomic E-state index is 0.0839. The van der Waals surface area contributed by atoms with Gasteiger partial charge in [-0.2, -0.15) is 0 Å². The average Bonchev–Trinajstić information content (AvgIpc) is 3.44. The summed E-state index contributed by atoms with van der Waals surface area (Å²) in [5, 5.41) is 3.50. The van der Waals surface area contributed by atoms with Gasteiger partial charge >= 0.3 is 0 Å². The van der Waals surface area contributed by atoms with Gasteiger partial charge < -0.3 is 15.1 Å². The Labute approximate surface area is 143 Å². The van der Waals surface area contributed by atoms with Gasteiger partial charge in [0.1, 0.15) is 6.04 Å². The Kier molecular flexibility index (Phi) is 3.68. The molecule has 0 aromatic heterocycles. The molecular weight excluding hydrogens is 298 g/mol. The average molecular weight is 321 g/mol. The van der Waals surface area contributed by atoms with Crippen molar-refractivity contribution in [3.63, 3.8) is 0 Å². The standard InChI is InChI=1S/C20H23N3O/c1-14-20(24)22(2)18-11-8-16(12-19(18)23(14)17-9-10-17)21-13-15-6-4-3-5-7-15/h3-8,11-12,14,17,21H,9-10,13H2,1-2H3. The highest BCUT2D eigenvalue weighted by Crippen LogP contribution is 2.43. The number of nitrogens with zero attached hydrogens (tertiary/aromatic N) is 2. The molecule has 0 saturated heterocycles. The van der Waals surface area contributed by atoms with Crippen LogP contribution in [0.15, 0.2) is 48.5 Å². The summed E-state index contributed by atoms with van der Waals surface area (Å²) in [5.41, 5.74) is 4.54. The molecule has 1 fully saturated rings. The van der Waals surface area contributed by atoms with Crippen molar-refractivity contribution >= 4 is 23.0 Å². The fraction of sp³-hybridized carbons (Fsp3) is 0.350. The van der Waals surface area contributed by atoms with Crippen LogP contribution in [0.1, 0.15) is 25.3 Å². The molecule has 4 rings (SSSR count). The first kappa shape index (κ1) is 15.1. The van der Waals surface area contributed by atoms with Crippen LogP contribution in [0.3, 0.4) is 0 Å². The number of likely N-dealkylation sites (N-methyl/N-ethyl adjacent to an activating group) is 1. The molecule has 0 radical (unpaired) electrons. The molecule has 1 heterocycles. The van der Waals surface area contributed by atoms with E-state index < -0.39 is 0 Å². The van der Waals surface area contributed by atoms with E-state index in [1.54, 1.807) is 4.90 Å². The topological polar surface area (TPSA) is 35.6 Å². The van der Waals surface area contributed by atoms with E-state index in [1.807, 2.05) is 20.0 Å². The summed E-state index contributed by atoms with van der Waals surface area (Å²) in [6.45, 7) is 2.82. The van der Waals surface area contributed by atoms with Crippen LogP contribution in [0.25, 0.3) is 0 Å². The molecule has 2 aromatic carbocycles. The van der Waals surface area contributed by atoms with Gasteiger partial charge in [0.25, 0.3) is 0 Å². The van der Waals surface area contributed by atoms with Crippen molar-refractivity contribution < 1.29 is 4.79 Å². The molecular formula is C20H23N3O. The van der Waals surface area contributed by atoms with E-state index in [1.165, 1.54) is 24.1 Å². The van der Waals surface area contributed by atoms with Crippen molar-refractivity contribution in [3.8, 4) is 0 Å². The molecule has 1 aliphatic carbocycles. The van der Waals surface area contributed by atoms with Gasteiger partial charge in [-0.3, -0.25) is 4.79 Å². The number of carbonyl (C=O) groups excluding carboxylic acids is 1. The number of amides is 1. The van der Waals surface area contributed by atoms with Crippen molar-refractivity contribution in [1.82, 2.24) is 0 Å². The van der Waals surface area contributed by atoms with Crippen molar-refractivity contribution in [2.24, 2.45) is 0 Å². The maximum Gasteiger partial charge on any atom is 0.249 e. The van der Waals surface area contributed by atoms with Gasteiger partial charge in [0.2, 0.25) is 5.91 Å². The highest BCUT2D eigenvalue weighted by Gasteiger charge is 2.41. The van der Waals surface area contributed by atoms with Crippen LogP contribution in [-0.2, 0) is 11.3 Å². The van der Waals surface area contributed by atoms with E-state index in [-0.39, 0.29) is 11.9 Å². The van der Waals surface area contributed by atoms with E-state index in [9.17, 15) is 4.79 Å². The summed E-state index contributed by atoms with van der Waals surface area (Å²) in [6, 6.07) is 17.1. The van der Waals surface area contributed by atoms with Crippen molar-refractivity contribution in [3.05, 3.63) is 54.1 Å². The molecule has 1 unspecified atom stereocenters. The number of benzene rings is 2. The Bertz CT molecular complexity index is 755. The normalized spacial score (nSPS) is 20.1. The van der Waals surface area contributed by atoms with Crippen LogP contribution in [0.2, 0.25) is 0 Å². The Hall–Kier alpha value is -2.49. The Balaban J connectivity index is 1.62. The van der Waals surface area contributed by atoms with Crippen molar-refractivity contribution in [1.29, 1.82) is 0 Å². The maximum absolute atomic E-state index is 12.5. The van der Waals surface area contributed by atoms with Gasteiger partial charge in [0.15, 0.2) is 0 Å². The fourth-order valence-corrected chi connectivity index (χ4v) is 3.52. The minimum Gasteiger partial charge on any atom is -0.381 e. The number of carbonyl (C=O) groups is 1. The zero-order valence-corrected chi connectivity index (χ0v) is 14.2. The second-order valence-electron chi connectivity index (χ2n) is 6.75. The SMILES string of the molecule is CC1C(=O)N(C)c2ccc(NCc3ccccc3)cc2N1C1CC1. The molecule has 24 heavy (non-hydrogen) atoms. The third kappa shape index (κ3) is 2.62. The zero-order valence-electron chi connectivity index (χ0n) is 14.2. The molecule has 1 amide bonds. The number of hydrogen-bond acceptors (Lipinski definition) is 3. The van der Waals surface area contributed by atoms with Crippen molar-refractivity contribution in [2.75, 3.05) is 22.2 Å². The Morgan fingerprint density at radius 3 is 2.54 bits per heavy atom. The first-order valence-electron chi connectivity index (χ1n) is 8.63. The molecule has 4 heteroatoms. The summed E-state index contributed by atoms with van der Waals surface area (Å²) < 4.78 is 0. The van der Waals surface area contributed by atoms with Gasteiger partial charge in [-0.25, -0.2) is 0 Å². The minimum atomic E-state index is -0.0839. The monoisotopic (exact) mass is 321 g/mol. The highest BCUT2D eigenvalue weighted by molar-refractivity contribution is 6.05.